The van der Waals surface area contributed by atoms with Gasteiger partial charge in [0.05, 0.1) is 0 Å². The number of benzene rings is 2. The van der Waals surface area contributed by atoms with Gasteiger partial charge in [0.2, 0.25) is 0 Å². The summed E-state index contributed by atoms with van der Waals surface area (Å²) in [5.74, 6) is -0.981. The van der Waals surface area contributed by atoms with Crippen molar-refractivity contribution in [2.75, 3.05) is 0 Å². The second-order valence-electron chi connectivity index (χ2n) is 5.47. The summed E-state index contributed by atoms with van der Waals surface area (Å²) in [6.45, 7) is 5.96. The molecule has 0 aliphatic heterocycles. The number of carbonyl (C=O) groups is 1. The third kappa shape index (κ3) is 3.49. The number of hydrogen-bond acceptors (Lipinski definition) is 2. The van der Waals surface area contributed by atoms with Crippen molar-refractivity contribution in [3.63, 3.8) is 0 Å². The number of nitrogens with one attached hydrogen (secondary N) is 1. The molecule has 0 amide bonds. The molecule has 126 valence electrons. The van der Waals surface area contributed by atoms with E-state index in [0.29, 0.717) is 6.42 Å². The number of aromatic amines is 1. The Morgan fingerprint density at radius 1 is 1.12 bits per heavy atom. The topological polar surface area (TPSA) is 79.1 Å². The molecular formula is C20H24N2O2. The van der Waals surface area contributed by atoms with Crippen molar-refractivity contribution >= 4 is 16.9 Å². The number of H-pyrrole nitrogens is 1. The molecule has 1 atom stereocenters. The standard InChI is InChI=1S/C18H18N2O2.C2H6/c1-11-14(10-15(19)18(21)22)17-13(8-5-9-16(17)20-11)12-6-3-2-4-7-12;1-2/h2-9,15,20H,10,19H2,1H3,(H,21,22);1-2H3. The van der Waals surface area contributed by atoms with Crippen molar-refractivity contribution in [1.29, 1.82) is 0 Å². The number of fused-ring (bicyclic) bond motifs is 1. The van der Waals surface area contributed by atoms with Gasteiger partial charge in [-0.15, -0.1) is 0 Å². The Hall–Kier alpha value is -2.59. The number of rotatable bonds is 4. The maximum absolute atomic E-state index is 11.1. The average molecular weight is 324 g/mol. The van der Waals surface area contributed by atoms with Gasteiger partial charge in [0.25, 0.3) is 0 Å². The summed E-state index contributed by atoms with van der Waals surface area (Å²) in [7, 11) is 0. The van der Waals surface area contributed by atoms with Crippen LogP contribution in [0.4, 0.5) is 0 Å². The summed E-state index contributed by atoms with van der Waals surface area (Å²) in [5, 5.41) is 10.2. The molecule has 3 rings (SSSR count). The number of aromatic nitrogens is 1. The molecular weight excluding hydrogens is 300 g/mol. The van der Waals surface area contributed by atoms with Crippen molar-refractivity contribution in [3.05, 3.63) is 59.8 Å². The second-order valence-corrected chi connectivity index (χ2v) is 5.47. The van der Waals surface area contributed by atoms with Gasteiger partial charge in [-0.25, -0.2) is 0 Å². The maximum atomic E-state index is 11.1. The van der Waals surface area contributed by atoms with E-state index in [1.807, 2.05) is 51.1 Å². The average Bonchev–Trinajstić information content (AvgIpc) is 2.93. The summed E-state index contributed by atoms with van der Waals surface area (Å²) in [6, 6.07) is 15.2. The molecule has 1 heterocycles. The van der Waals surface area contributed by atoms with Gasteiger partial charge in [0.1, 0.15) is 6.04 Å². The van der Waals surface area contributed by atoms with Crippen LogP contribution in [0.1, 0.15) is 25.1 Å². The smallest absolute Gasteiger partial charge is 0.320 e. The first-order chi connectivity index (χ1) is 11.6. The minimum Gasteiger partial charge on any atom is -0.480 e. The normalized spacial score (nSPS) is 11.7. The van der Waals surface area contributed by atoms with Gasteiger partial charge >= 0.3 is 5.97 Å². The molecule has 1 aromatic heterocycles. The summed E-state index contributed by atoms with van der Waals surface area (Å²) in [4.78, 5) is 14.4. The molecule has 0 radical (unpaired) electrons. The van der Waals surface area contributed by atoms with Crippen LogP contribution in [0.2, 0.25) is 0 Å². The zero-order valence-electron chi connectivity index (χ0n) is 14.3. The van der Waals surface area contributed by atoms with E-state index in [-0.39, 0.29) is 0 Å². The van der Waals surface area contributed by atoms with Gasteiger partial charge in [-0.3, -0.25) is 4.79 Å². The van der Waals surface area contributed by atoms with E-state index >= 15 is 0 Å². The lowest BCUT2D eigenvalue weighted by atomic mass is 9.95. The Balaban J connectivity index is 0.00000100. The van der Waals surface area contributed by atoms with E-state index < -0.39 is 12.0 Å². The SMILES string of the molecule is CC.Cc1[nH]c2cccc(-c3ccccc3)c2c1CC(N)C(=O)O. The Bertz CT molecular complexity index is 822. The van der Waals surface area contributed by atoms with Crippen LogP contribution in [-0.4, -0.2) is 22.1 Å². The van der Waals surface area contributed by atoms with E-state index in [1.165, 1.54) is 0 Å². The largest absolute Gasteiger partial charge is 0.480 e. The van der Waals surface area contributed by atoms with Crippen molar-refractivity contribution < 1.29 is 9.90 Å². The number of carboxylic acids is 1. The molecule has 3 aromatic rings. The van der Waals surface area contributed by atoms with Crippen LogP contribution in [-0.2, 0) is 11.2 Å². The molecule has 0 fully saturated rings. The molecule has 1 unspecified atom stereocenters. The fourth-order valence-corrected chi connectivity index (χ4v) is 2.87. The number of hydrogen-bond donors (Lipinski definition) is 3. The molecule has 0 aliphatic rings. The molecule has 0 bridgehead atoms. The van der Waals surface area contributed by atoms with E-state index in [1.54, 1.807) is 0 Å². The van der Waals surface area contributed by atoms with Gasteiger partial charge in [0, 0.05) is 23.0 Å². The summed E-state index contributed by atoms with van der Waals surface area (Å²) < 4.78 is 0. The monoisotopic (exact) mass is 324 g/mol. The predicted molar refractivity (Wildman–Crippen MR) is 99.1 cm³/mol. The van der Waals surface area contributed by atoms with Crippen molar-refractivity contribution in [1.82, 2.24) is 4.98 Å². The van der Waals surface area contributed by atoms with Crippen LogP contribution in [0.5, 0.6) is 0 Å². The highest BCUT2D eigenvalue weighted by Crippen LogP contribution is 2.33. The zero-order valence-corrected chi connectivity index (χ0v) is 14.3. The van der Waals surface area contributed by atoms with Crippen LogP contribution in [0.15, 0.2) is 48.5 Å². The highest BCUT2D eigenvalue weighted by Gasteiger charge is 2.19. The third-order valence-corrected chi connectivity index (χ3v) is 3.97. The summed E-state index contributed by atoms with van der Waals surface area (Å²) in [5.41, 5.74) is 10.9. The Kier molecular flexibility index (Phi) is 5.77. The zero-order chi connectivity index (χ0) is 17.7. The number of aliphatic carboxylic acids is 1. The molecule has 0 spiro atoms. The number of nitrogens with two attached hydrogens (primary N) is 1. The number of aryl methyl sites for hydroxylation is 1. The maximum Gasteiger partial charge on any atom is 0.320 e. The quantitative estimate of drug-likeness (QED) is 0.675. The molecule has 24 heavy (non-hydrogen) atoms. The van der Waals surface area contributed by atoms with E-state index in [0.717, 1.165) is 33.3 Å². The highest BCUT2D eigenvalue weighted by molar-refractivity contribution is 5.98. The molecule has 4 heteroatoms. The lowest BCUT2D eigenvalue weighted by molar-refractivity contribution is -0.138. The van der Waals surface area contributed by atoms with Crippen molar-refractivity contribution in [3.8, 4) is 11.1 Å². The van der Waals surface area contributed by atoms with E-state index in [4.69, 9.17) is 10.8 Å². The Labute approximate surface area is 142 Å². The first-order valence-corrected chi connectivity index (χ1v) is 8.22. The van der Waals surface area contributed by atoms with Gasteiger partial charge in [-0.05, 0) is 29.7 Å². The van der Waals surface area contributed by atoms with Crippen LogP contribution in [0.25, 0.3) is 22.0 Å². The molecule has 0 saturated carbocycles. The van der Waals surface area contributed by atoms with Gasteiger partial charge in [0.15, 0.2) is 0 Å². The molecule has 0 saturated heterocycles. The Morgan fingerprint density at radius 3 is 2.42 bits per heavy atom. The third-order valence-electron chi connectivity index (χ3n) is 3.97. The first-order valence-electron chi connectivity index (χ1n) is 8.22. The first kappa shape index (κ1) is 17.8. The van der Waals surface area contributed by atoms with E-state index in [9.17, 15) is 4.79 Å². The summed E-state index contributed by atoms with van der Waals surface area (Å²) in [6.07, 6.45) is 0.311. The minimum absolute atomic E-state index is 0.311. The predicted octanol–water partition coefficient (Wildman–Crippen LogP) is 4.12. The minimum atomic E-state index is -0.981. The molecule has 2 aromatic carbocycles. The second kappa shape index (κ2) is 7.79. The summed E-state index contributed by atoms with van der Waals surface area (Å²) >= 11 is 0. The van der Waals surface area contributed by atoms with Gasteiger partial charge in [-0.1, -0.05) is 56.3 Å². The van der Waals surface area contributed by atoms with Crippen LogP contribution >= 0.6 is 0 Å². The van der Waals surface area contributed by atoms with Crippen LogP contribution < -0.4 is 5.73 Å². The fraction of sp³-hybridized carbons (Fsp3) is 0.250. The van der Waals surface area contributed by atoms with Crippen LogP contribution in [0, 0.1) is 6.92 Å². The van der Waals surface area contributed by atoms with Crippen molar-refractivity contribution in [2.45, 2.75) is 33.2 Å². The van der Waals surface area contributed by atoms with E-state index in [2.05, 4.69) is 23.2 Å². The molecule has 4 nitrogen and oxygen atoms in total. The van der Waals surface area contributed by atoms with Gasteiger partial charge in [-0.2, -0.15) is 0 Å². The Morgan fingerprint density at radius 2 is 1.79 bits per heavy atom. The lowest BCUT2D eigenvalue weighted by Crippen LogP contribution is -2.32. The molecule has 4 N–H and O–H groups in total. The highest BCUT2D eigenvalue weighted by atomic mass is 16.4. The fourth-order valence-electron chi connectivity index (χ4n) is 2.87. The molecule has 0 aliphatic carbocycles. The lowest BCUT2D eigenvalue weighted by Gasteiger charge is -2.10. The van der Waals surface area contributed by atoms with Crippen molar-refractivity contribution in [2.24, 2.45) is 5.73 Å². The van der Waals surface area contributed by atoms with Crippen LogP contribution in [0.3, 0.4) is 0 Å². The van der Waals surface area contributed by atoms with Gasteiger partial charge < -0.3 is 15.8 Å². The number of carboxylic acid groups (broad SMARTS) is 1.